The summed E-state index contributed by atoms with van der Waals surface area (Å²) in [6, 6.07) is 10.0. The first-order valence-electron chi connectivity index (χ1n) is 7.94. The molecule has 2 fully saturated rings. The first-order valence-corrected chi connectivity index (χ1v) is 7.94. The summed E-state index contributed by atoms with van der Waals surface area (Å²) in [5.41, 5.74) is 2.89. The SMILES string of the molecule is c1cc(CN2CCCCCC2)ccc1CNC1CC1. The van der Waals surface area contributed by atoms with E-state index in [0.717, 1.165) is 19.1 Å². The molecule has 0 aromatic heterocycles. The quantitative estimate of drug-likeness (QED) is 0.871. The Morgan fingerprint density at radius 2 is 1.53 bits per heavy atom. The molecule has 1 aliphatic carbocycles. The summed E-state index contributed by atoms with van der Waals surface area (Å²) >= 11 is 0. The van der Waals surface area contributed by atoms with Gasteiger partial charge in [-0.1, -0.05) is 37.1 Å². The molecule has 3 rings (SSSR count). The van der Waals surface area contributed by atoms with E-state index in [1.165, 1.54) is 62.7 Å². The zero-order chi connectivity index (χ0) is 12.9. The van der Waals surface area contributed by atoms with Crippen LogP contribution in [0, 0.1) is 0 Å². The van der Waals surface area contributed by atoms with Gasteiger partial charge in [-0.05, 0) is 49.9 Å². The van der Waals surface area contributed by atoms with E-state index in [2.05, 4.69) is 34.5 Å². The minimum absolute atomic E-state index is 0.803. The number of hydrogen-bond donors (Lipinski definition) is 1. The summed E-state index contributed by atoms with van der Waals surface area (Å²) in [4.78, 5) is 2.62. The van der Waals surface area contributed by atoms with E-state index >= 15 is 0 Å². The van der Waals surface area contributed by atoms with Crippen LogP contribution in [0.15, 0.2) is 24.3 Å². The normalized spacial score (nSPS) is 21.3. The average molecular weight is 258 g/mol. The molecule has 0 radical (unpaired) electrons. The molecule has 2 aliphatic rings. The maximum atomic E-state index is 3.57. The van der Waals surface area contributed by atoms with Crippen molar-refractivity contribution in [2.45, 2.75) is 57.7 Å². The highest BCUT2D eigenvalue weighted by Gasteiger charge is 2.19. The van der Waals surface area contributed by atoms with Crippen molar-refractivity contribution in [1.29, 1.82) is 0 Å². The number of likely N-dealkylation sites (tertiary alicyclic amines) is 1. The fraction of sp³-hybridized carbons (Fsp3) is 0.647. The molecule has 1 aromatic carbocycles. The molecule has 104 valence electrons. The van der Waals surface area contributed by atoms with Crippen molar-refractivity contribution in [3.63, 3.8) is 0 Å². The monoisotopic (exact) mass is 258 g/mol. The van der Waals surface area contributed by atoms with E-state index in [1.807, 2.05) is 0 Å². The molecular weight excluding hydrogens is 232 g/mol. The Morgan fingerprint density at radius 1 is 0.895 bits per heavy atom. The number of rotatable bonds is 5. The highest BCUT2D eigenvalue weighted by molar-refractivity contribution is 5.22. The van der Waals surface area contributed by atoms with Crippen molar-refractivity contribution >= 4 is 0 Å². The molecule has 1 heterocycles. The van der Waals surface area contributed by atoms with Crippen LogP contribution in [0.25, 0.3) is 0 Å². The highest BCUT2D eigenvalue weighted by Crippen LogP contribution is 2.19. The van der Waals surface area contributed by atoms with E-state index in [9.17, 15) is 0 Å². The molecule has 0 bridgehead atoms. The smallest absolute Gasteiger partial charge is 0.0233 e. The van der Waals surface area contributed by atoms with Gasteiger partial charge in [-0.3, -0.25) is 4.90 Å². The molecule has 0 amide bonds. The van der Waals surface area contributed by atoms with Gasteiger partial charge in [0.05, 0.1) is 0 Å². The predicted molar refractivity (Wildman–Crippen MR) is 80.0 cm³/mol. The highest BCUT2D eigenvalue weighted by atomic mass is 15.1. The van der Waals surface area contributed by atoms with Gasteiger partial charge in [0.25, 0.3) is 0 Å². The zero-order valence-corrected chi connectivity index (χ0v) is 11.9. The standard InChI is InChI=1S/C17H26N2/c1-2-4-12-19(11-3-1)14-16-7-5-15(6-8-16)13-18-17-9-10-17/h5-8,17-18H,1-4,9-14H2. The second-order valence-electron chi connectivity index (χ2n) is 6.16. The number of hydrogen-bond acceptors (Lipinski definition) is 2. The molecule has 1 saturated heterocycles. The molecular formula is C17H26N2. The fourth-order valence-corrected chi connectivity index (χ4v) is 2.86. The lowest BCUT2D eigenvalue weighted by Crippen LogP contribution is -2.23. The van der Waals surface area contributed by atoms with Gasteiger partial charge in [0.2, 0.25) is 0 Å². The first-order chi connectivity index (χ1) is 9.40. The Labute approximate surface area is 117 Å². The van der Waals surface area contributed by atoms with Crippen molar-refractivity contribution < 1.29 is 0 Å². The van der Waals surface area contributed by atoms with Crippen molar-refractivity contribution in [3.8, 4) is 0 Å². The minimum atomic E-state index is 0.803. The second-order valence-corrected chi connectivity index (χ2v) is 6.16. The number of nitrogens with one attached hydrogen (secondary N) is 1. The van der Waals surface area contributed by atoms with E-state index in [4.69, 9.17) is 0 Å². The summed E-state index contributed by atoms with van der Waals surface area (Å²) in [6.07, 6.45) is 8.33. The van der Waals surface area contributed by atoms with Gasteiger partial charge >= 0.3 is 0 Å². The molecule has 1 saturated carbocycles. The van der Waals surface area contributed by atoms with Gasteiger partial charge in [0.15, 0.2) is 0 Å². The third-order valence-corrected chi connectivity index (χ3v) is 4.30. The summed E-state index contributed by atoms with van der Waals surface area (Å²) in [5.74, 6) is 0. The molecule has 1 N–H and O–H groups in total. The first kappa shape index (κ1) is 13.1. The largest absolute Gasteiger partial charge is 0.310 e. The third kappa shape index (κ3) is 4.32. The van der Waals surface area contributed by atoms with E-state index in [1.54, 1.807) is 0 Å². The zero-order valence-electron chi connectivity index (χ0n) is 11.9. The van der Waals surface area contributed by atoms with Gasteiger partial charge in [-0.2, -0.15) is 0 Å². The summed E-state index contributed by atoms with van der Waals surface area (Å²) in [6.45, 7) is 4.74. The van der Waals surface area contributed by atoms with Gasteiger partial charge in [-0.15, -0.1) is 0 Å². The molecule has 1 aliphatic heterocycles. The van der Waals surface area contributed by atoms with Gasteiger partial charge in [-0.25, -0.2) is 0 Å². The topological polar surface area (TPSA) is 15.3 Å². The molecule has 0 atom stereocenters. The summed E-state index contributed by atoms with van der Waals surface area (Å²) < 4.78 is 0. The Morgan fingerprint density at radius 3 is 2.16 bits per heavy atom. The van der Waals surface area contributed by atoms with E-state index in [0.29, 0.717) is 0 Å². The van der Waals surface area contributed by atoms with Gasteiger partial charge < -0.3 is 5.32 Å². The molecule has 2 heteroatoms. The molecule has 2 nitrogen and oxygen atoms in total. The van der Waals surface area contributed by atoms with Crippen LogP contribution in [0.1, 0.15) is 49.7 Å². The Hall–Kier alpha value is -0.860. The van der Waals surface area contributed by atoms with Crippen molar-refractivity contribution in [2.75, 3.05) is 13.1 Å². The van der Waals surface area contributed by atoms with Crippen molar-refractivity contribution in [1.82, 2.24) is 10.2 Å². The maximum Gasteiger partial charge on any atom is 0.0233 e. The van der Waals surface area contributed by atoms with Crippen LogP contribution in [0.2, 0.25) is 0 Å². The van der Waals surface area contributed by atoms with Crippen molar-refractivity contribution in [2.24, 2.45) is 0 Å². The Bertz CT molecular complexity index is 373. The number of nitrogens with zero attached hydrogens (tertiary/aromatic N) is 1. The maximum absolute atomic E-state index is 3.57. The molecule has 19 heavy (non-hydrogen) atoms. The van der Waals surface area contributed by atoms with Gasteiger partial charge in [0, 0.05) is 19.1 Å². The van der Waals surface area contributed by atoms with Crippen LogP contribution in [0.5, 0.6) is 0 Å². The predicted octanol–water partition coefficient (Wildman–Crippen LogP) is 3.31. The minimum Gasteiger partial charge on any atom is -0.310 e. The average Bonchev–Trinajstić information content (AvgIpc) is 3.26. The number of benzene rings is 1. The molecule has 0 spiro atoms. The van der Waals surface area contributed by atoms with Crippen LogP contribution in [-0.2, 0) is 13.1 Å². The Kier molecular flexibility index (Phi) is 4.52. The molecule has 1 aromatic rings. The lowest BCUT2D eigenvalue weighted by molar-refractivity contribution is 0.277. The summed E-state index contributed by atoms with van der Waals surface area (Å²) in [7, 11) is 0. The van der Waals surface area contributed by atoms with Crippen LogP contribution in [-0.4, -0.2) is 24.0 Å². The second kappa shape index (κ2) is 6.53. The van der Waals surface area contributed by atoms with Crippen molar-refractivity contribution in [3.05, 3.63) is 35.4 Å². The lowest BCUT2D eigenvalue weighted by atomic mass is 10.1. The van der Waals surface area contributed by atoms with Crippen LogP contribution in [0.3, 0.4) is 0 Å². The summed E-state index contributed by atoms with van der Waals surface area (Å²) in [5, 5.41) is 3.57. The van der Waals surface area contributed by atoms with Crippen LogP contribution in [0.4, 0.5) is 0 Å². The van der Waals surface area contributed by atoms with Gasteiger partial charge in [0.1, 0.15) is 0 Å². The molecule has 0 unspecified atom stereocenters. The van der Waals surface area contributed by atoms with Crippen LogP contribution < -0.4 is 5.32 Å². The van der Waals surface area contributed by atoms with Crippen LogP contribution >= 0.6 is 0 Å². The third-order valence-electron chi connectivity index (χ3n) is 4.30. The lowest BCUT2D eigenvalue weighted by Gasteiger charge is -2.19. The van der Waals surface area contributed by atoms with E-state index < -0.39 is 0 Å². The Balaban J connectivity index is 1.49. The fourth-order valence-electron chi connectivity index (χ4n) is 2.86. The van der Waals surface area contributed by atoms with E-state index in [-0.39, 0.29) is 0 Å².